The van der Waals surface area contributed by atoms with Gasteiger partial charge in [0.25, 0.3) is 0 Å². The van der Waals surface area contributed by atoms with Crippen LogP contribution in [-0.2, 0) is 4.79 Å². The second-order valence-corrected chi connectivity index (χ2v) is 3.60. The molecule has 0 rings (SSSR count). The van der Waals surface area contributed by atoms with Crippen LogP contribution < -0.4 is 5.32 Å². The zero-order chi connectivity index (χ0) is 9.72. The molecule has 0 aromatic carbocycles. The maximum Gasteiger partial charge on any atom is 0.216 e. The average molecular weight is 188 g/mol. The van der Waals surface area contributed by atoms with Gasteiger partial charge in [0.05, 0.1) is 0 Å². The Labute approximate surface area is 79.1 Å². The summed E-state index contributed by atoms with van der Waals surface area (Å²) in [5.74, 6) is 0. The van der Waals surface area contributed by atoms with Gasteiger partial charge in [0.15, 0.2) is 5.11 Å². The molecule has 0 spiro atoms. The maximum atomic E-state index is 10.6. The van der Waals surface area contributed by atoms with E-state index in [-0.39, 0.29) is 12.1 Å². The van der Waals surface area contributed by atoms with Gasteiger partial charge in [-0.2, -0.15) is 0 Å². The molecule has 0 aromatic rings. The molecule has 3 nitrogen and oxygen atoms in total. The van der Waals surface area contributed by atoms with Crippen LogP contribution in [0, 0.1) is 0 Å². The maximum absolute atomic E-state index is 10.6. The Morgan fingerprint density at radius 3 is 2.17 bits per heavy atom. The van der Waals surface area contributed by atoms with Crippen molar-refractivity contribution in [2.75, 3.05) is 0 Å². The molecule has 0 saturated carbocycles. The molecule has 0 atom stereocenters. The summed E-state index contributed by atoms with van der Waals surface area (Å²) in [5, 5.41) is 3.50. The summed E-state index contributed by atoms with van der Waals surface area (Å²) in [4.78, 5) is 12.1. The highest BCUT2D eigenvalue weighted by Gasteiger charge is 2.11. The first-order chi connectivity index (χ1) is 5.49. The van der Waals surface area contributed by atoms with Crippen LogP contribution in [0.4, 0.5) is 0 Å². The van der Waals surface area contributed by atoms with Gasteiger partial charge in [-0.05, 0) is 39.9 Å². The van der Waals surface area contributed by atoms with Gasteiger partial charge < -0.3 is 5.32 Å². The zero-order valence-corrected chi connectivity index (χ0v) is 8.81. The highest BCUT2D eigenvalue weighted by Crippen LogP contribution is 1.95. The van der Waals surface area contributed by atoms with Crippen molar-refractivity contribution in [2.24, 2.45) is 0 Å². The fraction of sp³-hybridized carbons (Fsp3) is 0.750. The van der Waals surface area contributed by atoms with E-state index in [0.29, 0.717) is 5.11 Å². The molecule has 70 valence electrons. The van der Waals surface area contributed by atoms with Gasteiger partial charge in [0, 0.05) is 12.1 Å². The van der Waals surface area contributed by atoms with E-state index < -0.39 is 0 Å². The number of nitrogens with one attached hydrogen (secondary N) is 1. The molecule has 0 aliphatic rings. The molecule has 0 fully saturated rings. The highest BCUT2D eigenvalue weighted by molar-refractivity contribution is 7.80. The SMILES string of the molecule is CC(C)NC(=S)N(C=O)C(C)C. The second-order valence-electron chi connectivity index (χ2n) is 3.21. The minimum atomic E-state index is 0.112. The molecule has 0 radical (unpaired) electrons. The number of nitrogens with zero attached hydrogens (tertiary/aromatic N) is 1. The molecule has 0 unspecified atom stereocenters. The molecule has 0 aliphatic carbocycles. The van der Waals surface area contributed by atoms with Crippen molar-refractivity contribution in [1.29, 1.82) is 0 Å². The quantitative estimate of drug-likeness (QED) is 0.532. The number of rotatable bonds is 3. The van der Waals surface area contributed by atoms with Crippen molar-refractivity contribution in [3.05, 3.63) is 0 Å². The van der Waals surface area contributed by atoms with E-state index in [9.17, 15) is 4.79 Å². The van der Waals surface area contributed by atoms with E-state index >= 15 is 0 Å². The summed E-state index contributed by atoms with van der Waals surface area (Å²) in [6.07, 6.45) is 0.752. The van der Waals surface area contributed by atoms with E-state index in [0.717, 1.165) is 6.41 Å². The van der Waals surface area contributed by atoms with E-state index in [1.807, 2.05) is 27.7 Å². The number of carbonyl (C=O) groups is 1. The van der Waals surface area contributed by atoms with Crippen LogP contribution >= 0.6 is 12.2 Å². The molecule has 0 bridgehead atoms. The molecule has 1 N–H and O–H groups in total. The van der Waals surface area contributed by atoms with Gasteiger partial charge >= 0.3 is 0 Å². The molecular weight excluding hydrogens is 172 g/mol. The Morgan fingerprint density at radius 1 is 1.42 bits per heavy atom. The lowest BCUT2D eigenvalue weighted by molar-refractivity contribution is -0.115. The van der Waals surface area contributed by atoms with Crippen LogP contribution in [0.3, 0.4) is 0 Å². The monoisotopic (exact) mass is 188 g/mol. The molecule has 1 amide bonds. The Bertz CT molecular complexity index is 168. The Hall–Kier alpha value is -0.640. The fourth-order valence-corrected chi connectivity index (χ4v) is 1.22. The Balaban J connectivity index is 4.13. The lowest BCUT2D eigenvalue weighted by Crippen LogP contribution is -2.45. The lowest BCUT2D eigenvalue weighted by atomic mass is 10.3. The topological polar surface area (TPSA) is 32.3 Å². The van der Waals surface area contributed by atoms with Crippen LogP contribution in [-0.4, -0.2) is 28.5 Å². The largest absolute Gasteiger partial charge is 0.360 e. The fourth-order valence-electron chi connectivity index (χ4n) is 0.726. The third-order valence-corrected chi connectivity index (χ3v) is 1.65. The van der Waals surface area contributed by atoms with Gasteiger partial charge in [-0.15, -0.1) is 0 Å². The minimum Gasteiger partial charge on any atom is -0.360 e. The van der Waals surface area contributed by atoms with Gasteiger partial charge in [-0.3, -0.25) is 9.69 Å². The summed E-state index contributed by atoms with van der Waals surface area (Å²) in [5.41, 5.74) is 0. The van der Waals surface area contributed by atoms with Crippen LogP contribution in [0.5, 0.6) is 0 Å². The highest BCUT2D eigenvalue weighted by atomic mass is 32.1. The predicted molar refractivity (Wildman–Crippen MR) is 53.9 cm³/mol. The van der Waals surface area contributed by atoms with Gasteiger partial charge in [0.2, 0.25) is 6.41 Å². The molecule has 12 heavy (non-hydrogen) atoms. The summed E-state index contributed by atoms with van der Waals surface area (Å²) < 4.78 is 0. The number of thiocarbonyl (C=S) groups is 1. The van der Waals surface area contributed by atoms with Crippen molar-refractivity contribution in [2.45, 2.75) is 39.8 Å². The predicted octanol–water partition coefficient (Wildman–Crippen LogP) is 1.14. The first-order valence-electron chi connectivity index (χ1n) is 4.03. The minimum absolute atomic E-state index is 0.112. The third-order valence-electron chi connectivity index (χ3n) is 1.32. The van der Waals surface area contributed by atoms with Crippen LogP contribution in [0.2, 0.25) is 0 Å². The molecule has 0 aliphatic heterocycles. The summed E-state index contributed by atoms with van der Waals surface area (Å²) in [6.45, 7) is 7.80. The standard InChI is InChI=1S/C8H16N2OS/c1-6(2)9-8(12)10(5-11)7(3)4/h5-7H,1-4H3,(H,9,12). The molecule has 0 heterocycles. The van der Waals surface area contributed by atoms with Crippen molar-refractivity contribution in [3.8, 4) is 0 Å². The zero-order valence-electron chi connectivity index (χ0n) is 8.00. The van der Waals surface area contributed by atoms with Crippen molar-refractivity contribution >= 4 is 23.7 Å². The average Bonchev–Trinajstić information content (AvgIpc) is 1.85. The first kappa shape index (κ1) is 11.4. The van der Waals surface area contributed by atoms with E-state index in [4.69, 9.17) is 12.2 Å². The van der Waals surface area contributed by atoms with E-state index in [1.165, 1.54) is 4.90 Å². The molecular formula is C8H16N2OS. The number of hydrogen-bond acceptors (Lipinski definition) is 2. The van der Waals surface area contributed by atoms with Crippen LogP contribution in [0.15, 0.2) is 0 Å². The Morgan fingerprint density at radius 2 is 1.92 bits per heavy atom. The van der Waals surface area contributed by atoms with Crippen LogP contribution in [0.1, 0.15) is 27.7 Å². The number of carbonyl (C=O) groups excluding carboxylic acids is 1. The molecule has 4 heteroatoms. The van der Waals surface area contributed by atoms with Crippen LogP contribution in [0.25, 0.3) is 0 Å². The third kappa shape index (κ3) is 3.67. The summed E-state index contributed by atoms with van der Waals surface area (Å²) in [6, 6.07) is 0.375. The summed E-state index contributed by atoms with van der Waals surface area (Å²) in [7, 11) is 0. The Kier molecular flexibility index (Phi) is 4.81. The van der Waals surface area contributed by atoms with E-state index in [1.54, 1.807) is 0 Å². The molecule has 0 saturated heterocycles. The van der Waals surface area contributed by atoms with Gasteiger partial charge in [-0.1, -0.05) is 0 Å². The van der Waals surface area contributed by atoms with Crippen molar-refractivity contribution in [1.82, 2.24) is 10.2 Å². The first-order valence-corrected chi connectivity index (χ1v) is 4.44. The van der Waals surface area contributed by atoms with E-state index in [2.05, 4.69) is 5.32 Å². The normalized spacial score (nSPS) is 10.2. The van der Waals surface area contributed by atoms with Gasteiger partial charge in [-0.25, -0.2) is 0 Å². The summed E-state index contributed by atoms with van der Waals surface area (Å²) >= 11 is 5.01. The van der Waals surface area contributed by atoms with Gasteiger partial charge in [0.1, 0.15) is 0 Å². The van der Waals surface area contributed by atoms with Crippen molar-refractivity contribution in [3.63, 3.8) is 0 Å². The smallest absolute Gasteiger partial charge is 0.216 e. The number of hydrogen-bond donors (Lipinski definition) is 1. The number of amides is 1. The molecule has 0 aromatic heterocycles. The second kappa shape index (κ2) is 5.09. The van der Waals surface area contributed by atoms with Crippen molar-refractivity contribution < 1.29 is 4.79 Å². The lowest BCUT2D eigenvalue weighted by Gasteiger charge is -2.24.